The molecule has 1 saturated heterocycles. The molecule has 0 spiro atoms. The molecule has 1 unspecified atom stereocenters. The number of phenolic OH excluding ortho intramolecular Hbond substituents is 1. The minimum Gasteiger partial charge on any atom is -0.508 e. The minimum atomic E-state index is 0.253. The highest BCUT2D eigenvalue weighted by Gasteiger charge is 2.20. The molecule has 17 heavy (non-hydrogen) atoms. The summed E-state index contributed by atoms with van der Waals surface area (Å²) >= 11 is 0. The van der Waals surface area contributed by atoms with Gasteiger partial charge in [0, 0.05) is 6.07 Å². The number of hydrogen-bond donors (Lipinski definition) is 2. The lowest BCUT2D eigenvalue weighted by Gasteiger charge is -2.23. The van der Waals surface area contributed by atoms with E-state index in [1.165, 1.54) is 12.8 Å². The number of benzene rings is 1. The molecule has 2 aliphatic heterocycles. The van der Waals surface area contributed by atoms with Crippen molar-refractivity contribution < 1.29 is 14.6 Å². The van der Waals surface area contributed by atoms with Crippen molar-refractivity contribution in [1.82, 2.24) is 5.32 Å². The van der Waals surface area contributed by atoms with Gasteiger partial charge in [-0.15, -0.1) is 0 Å². The third-order valence-corrected chi connectivity index (χ3v) is 3.48. The summed E-state index contributed by atoms with van der Waals surface area (Å²) in [5.41, 5.74) is 0.961. The van der Waals surface area contributed by atoms with Crippen LogP contribution in [0.25, 0.3) is 0 Å². The molecule has 2 N–H and O–H groups in total. The van der Waals surface area contributed by atoms with E-state index in [0.717, 1.165) is 30.8 Å². The van der Waals surface area contributed by atoms with Gasteiger partial charge in [-0.2, -0.15) is 0 Å². The molecule has 2 heterocycles. The first-order valence-corrected chi connectivity index (χ1v) is 6.15. The first-order chi connectivity index (χ1) is 8.33. The molecular formula is C13H17NO3. The summed E-state index contributed by atoms with van der Waals surface area (Å²) in [6.45, 7) is 2.40. The van der Waals surface area contributed by atoms with Gasteiger partial charge in [-0.3, -0.25) is 0 Å². The summed E-state index contributed by atoms with van der Waals surface area (Å²) in [6, 6.07) is 3.57. The Morgan fingerprint density at radius 3 is 2.88 bits per heavy atom. The Hall–Kier alpha value is -1.42. The van der Waals surface area contributed by atoms with Crippen LogP contribution in [0.2, 0.25) is 0 Å². The SMILES string of the molecule is Oc1cc2c(cc1CC1CCCNC1)OCO2. The number of phenols is 1. The predicted octanol–water partition coefficient (Wildman–Crippen LogP) is 1.66. The maximum atomic E-state index is 9.95. The Balaban J connectivity index is 1.78. The van der Waals surface area contributed by atoms with Crippen LogP contribution in [0.5, 0.6) is 17.2 Å². The van der Waals surface area contributed by atoms with Crippen LogP contribution in [-0.4, -0.2) is 25.0 Å². The Bertz CT molecular complexity index is 413. The lowest BCUT2D eigenvalue weighted by atomic mass is 9.92. The molecule has 1 atom stereocenters. The molecule has 0 amide bonds. The maximum absolute atomic E-state index is 9.95. The first-order valence-electron chi connectivity index (χ1n) is 6.15. The second-order valence-corrected chi connectivity index (χ2v) is 4.75. The Labute approximate surface area is 101 Å². The number of rotatable bonds is 2. The molecule has 0 saturated carbocycles. The summed E-state index contributed by atoms with van der Waals surface area (Å²) in [5, 5.41) is 13.3. The van der Waals surface area contributed by atoms with Crippen LogP contribution in [0.1, 0.15) is 18.4 Å². The summed E-state index contributed by atoms with van der Waals surface area (Å²) in [4.78, 5) is 0. The summed E-state index contributed by atoms with van der Waals surface area (Å²) < 4.78 is 10.6. The highest BCUT2D eigenvalue weighted by atomic mass is 16.7. The molecule has 2 aliphatic rings. The van der Waals surface area contributed by atoms with Crippen LogP contribution in [0.4, 0.5) is 0 Å². The molecule has 0 aromatic heterocycles. The largest absolute Gasteiger partial charge is 0.508 e. The van der Waals surface area contributed by atoms with Crippen molar-refractivity contribution in [3.63, 3.8) is 0 Å². The van der Waals surface area contributed by atoms with Crippen molar-refractivity contribution in [3.05, 3.63) is 17.7 Å². The zero-order valence-corrected chi connectivity index (χ0v) is 9.74. The zero-order chi connectivity index (χ0) is 11.7. The number of piperidine rings is 1. The minimum absolute atomic E-state index is 0.253. The molecule has 0 radical (unpaired) electrons. The van der Waals surface area contributed by atoms with Crippen LogP contribution in [0.15, 0.2) is 12.1 Å². The lowest BCUT2D eigenvalue weighted by Crippen LogP contribution is -2.30. The monoisotopic (exact) mass is 235 g/mol. The molecule has 0 bridgehead atoms. The Morgan fingerprint density at radius 2 is 2.12 bits per heavy atom. The smallest absolute Gasteiger partial charge is 0.231 e. The summed E-state index contributed by atoms with van der Waals surface area (Å²) in [5.74, 6) is 2.32. The fourth-order valence-corrected chi connectivity index (χ4v) is 2.55. The molecule has 4 heteroatoms. The van der Waals surface area contributed by atoms with Crippen molar-refractivity contribution in [2.75, 3.05) is 19.9 Å². The second-order valence-electron chi connectivity index (χ2n) is 4.75. The van der Waals surface area contributed by atoms with Gasteiger partial charge in [0.05, 0.1) is 0 Å². The molecule has 1 aromatic rings. The van der Waals surface area contributed by atoms with E-state index in [4.69, 9.17) is 9.47 Å². The highest BCUT2D eigenvalue weighted by Crippen LogP contribution is 2.38. The van der Waals surface area contributed by atoms with Crippen LogP contribution < -0.4 is 14.8 Å². The van der Waals surface area contributed by atoms with E-state index in [2.05, 4.69) is 5.32 Å². The van der Waals surface area contributed by atoms with Gasteiger partial charge in [0.25, 0.3) is 0 Å². The Morgan fingerprint density at radius 1 is 1.29 bits per heavy atom. The fourth-order valence-electron chi connectivity index (χ4n) is 2.55. The molecule has 0 aliphatic carbocycles. The number of ether oxygens (including phenoxy) is 2. The van der Waals surface area contributed by atoms with E-state index in [-0.39, 0.29) is 6.79 Å². The van der Waals surface area contributed by atoms with Crippen LogP contribution in [-0.2, 0) is 6.42 Å². The third kappa shape index (κ3) is 2.17. The molecule has 4 nitrogen and oxygen atoms in total. The normalized spacial score (nSPS) is 22.7. The van der Waals surface area contributed by atoms with Gasteiger partial charge in [-0.25, -0.2) is 0 Å². The maximum Gasteiger partial charge on any atom is 0.231 e. The number of nitrogens with one attached hydrogen (secondary N) is 1. The average Bonchev–Trinajstić information content (AvgIpc) is 2.78. The molecule has 1 aromatic carbocycles. The average molecular weight is 235 g/mol. The number of fused-ring (bicyclic) bond motifs is 1. The molecule has 3 rings (SSSR count). The quantitative estimate of drug-likeness (QED) is 0.818. The lowest BCUT2D eigenvalue weighted by molar-refractivity contribution is 0.174. The third-order valence-electron chi connectivity index (χ3n) is 3.48. The van der Waals surface area contributed by atoms with Crippen molar-refractivity contribution in [2.24, 2.45) is 5.92 Å². The van der Waals surface area contributed by atoms with Crippen LogP contribution >= 0.6 is 0 Å². The van der Waals surface area contributed by atoms with Gasteiger partial charge >= 0.3 is 0 Å². The first kappa shape index (κ1) is 10.7. The van der Waals surface area contributed by atoms with E-state index in [1.54, 1.807) is 6.07 Å². The van der Waals surface area contributed by atoms with E-state index in [0.29, 0.717) is 17.4 Å². The van der Waals surface area contributed by atoms with Gasteiger partial charge in [0.2, 0.25) is 6.79 Å². The molecular weight excluding hydrogens is 218 g/mol. The topological polar surface area (TPSA) is 50.7 Å². The van der Waals surface area contributed by atoms with Crippen molar-refractivity contribution >= 4 is 0 Å². The number of hydrogen-bond acceptors (Lipinski definition) is 4. The van der Waals surface area contributed by atoms with Gasteiger partial charge in [-0.05, 0) is 49.9 Å². The van der Waals surface area contributed by atoms with Crippen molar-refractivity contribution in [3.8, 4) is 17.2 Å². The van der Waals surface area contributed by atoms with Crippen molar-refractivity contribution in [2.45, 2.75) is 19.3 Å². The van der Waals surface area contributed by atoms with E-state index in [1.807, 2.05) is 6.07 Å². The van der Waals surface area contributed by atoms with Crippen molar-refractivity contribution in [1.29, 1.82) is 0 Å². The molecule has 1 fully saturated rings. The van der Waals surface area contributed by atoms with Crippen LogP contribution in [0, 0.1) is 5.92 Å². The summed E-state index contributed by atoms with van der Waals surface area (Å²) in [7, 11) is 0. The van der Waals surface area contributed by atoms with Gasteiger partial charge < -0.3 is 19.9 Å². The van der Waals surface area contributed by atoms with E-state index >= 15 is 0 Å². The highest BCUT2D eigenvalue weighted by molar-refractivity contribution is 5.51. The zero-order valence-electron chi connectivity index (χ0n) is 9.74. The standard InChI is InChI=1S/C13H17NO3/c15-11-6-13-12(16-8-17-13)5-10(11)4-9-2-1-3-14-7-9/h5-6,9,14-15H,1-4,7-8H2. The Kier molecular flexibility index (Phi) is 2.81. The second kappa shape index (κ2) is 4.45. The van der Waals surface area contributed by atoms with Gasteiger partial charge in [0.1, 0.15) is 5.75 Å². The van der Waals surface area contributed by atoms with Crippen LogP contribution in [0.3, 0.4) is 0 Å². The molecule has 92 valence electrons. The predicted molar refractivity (Wildman–Crippen MR) is 63.5 cm³/mol. The van der Waals surface area contributed by atoms with Gasteiger partial charge in [-0.1, -0.05) is 0 Å². The number of aromatic hydroxyl groups is 1. The van der Waals surface area contributed by atoms with E-state index < -0.39 is 0 Å². The summed E-state index contributed by atoms with van der Waals surface area (Å²) in [6.07, 6.45) is 3.34. The van der Waals surface area contributed by atoms with Gasteiger partial charge in [0.15, 0.2) is 11.5 Å². The fraction of sp³-hybridized carbons (Fsp3) is 0.538. The van der Waals surface area contributed by atoms with E-state index in [9.17, 15) is 5.11 Å².